The standard InChI is InChI=1S/C22H20ClN5O4/c1-31-18-10-17(25-21(27-18)32-2)26-22(30)28-19-14(9-16(19)29)13-6-7-15(24-20(13)28)11-4-3-5-12(23)8-11/h3-8,10,14,16,19,29H,9H2,1-2H3,(H,25,26,27,30)/t14?,16-,19?/m1/s1. The number of halogens is 1. The van der Waals surface area contributed by atoms with Gasteiger partial charge in [-0.3, -0.25) is 10.2 Å². The smallest absolute Gasteiger partial charge is 0.329 e. The van der Waals surface area contributed by atoms with Crippen LogP contribution in [0.5, 0.6) is 11.9 Å². The third kappa shape index (κ3) is 3.39. The number of aromatic nitrogens is 3. The summed E-state index contributed by atoms with van der Waals surface area (Å²) in [6.07, 6.45) is -0.0570. The number of aliphatic hydroxyl groups is 1. The first-order valence-corrected chi connectivity index (χ1v) is 10.4. The molecule has 32 heavy (non-hydrogen) atoms. The Kier molecular flexibility index (Phi) is 5.07. The monoisotopic (exact) mass is 453 g/mol. The lowest BCUT2D eigenvalue weighted by molar-refractivity contribution is 0.0540. The lowest BCUT2D eigenvalue weighted by Gasteiger charge is -2.40. The average Bonchev–Trinajstić information content (AvgIpc) is 3.06. The number of carbonyl (C=O) groups excluding carboxylic acids is 1. The number of hydrogen-bond donors (Lipinski definition) is 2. The molecule has 1 aliphatic heterocycles. The van der Waals surface area contributed by atoms with E-state index in [1.807, 2.05) is 30.3 Å². The van der Waals surface area contributed by atoms with Crippen molar-refractivity contribution in [3.05, 3.63) is 53.1 Å². The highest BCUT2D eigenvalue weighted by Crippen LogP contribution is 2.51. The number of amides is 2. The molecule has 3 heterocycles. The molecule has 2 N–H and O–H groups in total. The molecule has 0 bridgehead atoms. The maximum absolute atomic E-state index is 13.3. The van der Waals surface area contributed by atoms with Gasteiger partial charge >= 0.3 is 12.0 Å². The molecule has 2 unspecified atom stereocenters. The highest BCUT2D eigenvalue weighted by molar-refractivity contribution is 6.30. The van der Waals surface area contributed by atoms with Gasteiger partial charge in [-0.15, -0.1) is 0 Å². The number of pyridine rings is 1. The molecular formula is C22H20ClN5O4. The Morgan fingerprint density at radius 1 is 1.16 bits per heavy atom. The molecule has 164 valence electrons. The van der Waals surface area contributed by atoms with Gasteiger partial charge in [-0.25, -0.2) is 9.78 Å². The summed E-state index contributed by atoms with van der Waals surface area (Å²) in [4.78, 5) is 27.8. The molecule has 10 heteroatoms. The predicted octanol–water partition coefficient (Wildman–Crippen LogP) is 3.48. The van der Waals surface area contributed by atoms with Crippen LogP contribution in [0.1, 0.15) is 17.9 Å². The van der Waals surface area contributed by atoms with Crippen molar-refractivity contribution in [2.45, 2.75) is 24.5 Å². The summed E-state index contributed by atoms with van der Waals surface area (Å²) < 4.78 is 10.2. The normalized spacial score (nSPS) is 20.8. The summed E-state index contributed by atoms with van der Waals surface area (Å²) in [5.74, 6) is 1.00. The topological polar surface area (TPSA) is 110 Å². The molecule has 3 atom stereocenters. The first kappa shape index (κ1) is 20.5. The minimum Gasteiger partial charge on any atom is -0.481 e. The van der Waals surface area contributed by atoms with Crippen LogP contribution in [0.4, 0.5) is 16.4 Å². The van der Waals surface area contributed by atoms with Gasteiger partial charge in [0.1, 0.15) is 11.6 Å². The number of anilines is 2. The van der Waals surface area contributed by atoms with Crippen LogP contribution < -0.4 is 19.7 Å². The molecule has 0 spiro atoms. The number of fused-ring (bicyclic) bond motifs is 3. The lowest BCUT2D eigenvalue weighted by atomic mass is 9.75. The summed E-state index contributed by atoms with van der Waals surface area (Å²) in [6, 6.07) is 11.9. The van der Waals surface area contributed by atoms with Gasteiger partial charge in [0.15, 0.2) is 0 Å². The van der Waals surface area contributed by atoms with Crippen molar-refractivity contribution in [3.63, 3.8) is 0 Å². The minimum absolute atomic E-state index is 0.0288. The zero-order chi connectivity index (χ0) is 22.4. The fourth-order valence-corrected chi connectivity index (χ4v) is 4.42. The van der Waals surface area contributed by atoms with Gasteiger partial charge in [0.2, 0.25) is 5.88 Å². The number of aliphatic hydroxyl groups excluding tert-OH is 1. The van der Waals surface area contributed by atoms with Crippen molar-refractivity contribution >= 4 is 29.3 Å². The van der Waals surface area contributed by atoms with Gasteiger partial charge in [-0.05, 0) is 24.6 Å². The van der Waals surface area contributed by atoms with Gasteiger partial charge in [0.25, 0.3) is 0 Å². The Balaban J connectivity index is 1.50. The Bertz CT molecular complexity index is 1180. The SMILES string of the molecule is COc1cc(NC(=O)N2c3nc(-c4cccc(Cl)c4)ccc3C3C[C@@H](O)C32)nc(OC)n1. The molecule has 1 saturated carbocycles. The highest BCUT2D eigenvalue weighted by Gasteiger charge is 2.54. The lowest BCUT2D eigenvalue weighted by Crippen LogP contribution is -2.55. The zero-order valence-electron chi connectivity index (χ0n) is 17.3. The van der Waals surface area contributed by atoms with E-state index < -0.39 is 18.2 Å². The largest absolute Gasteiger partial charge is 0.481 e. The van der Waals surface area contributed by atoms with Crippen molar-refractivity contribution in [3.8, 4) is 23.1 Å². The van der Waals surface area contributed by atoms with Crippen LogP contribution in [0, 0.1) is 0 Å². The fourth-order valence-electron chi connectivity index (χ4n) is 4.23. The second kappa shape index (κ2) is 7.92. The highest BCUT2D eigenvalue weighted by atomic mass is 35.5. The van der Waals surface area contributed by atoms with E-state index >= 15 is 0 Å². The summed E-state index contributed by atoms with van der Waals surface area (Å²) in [5, 5.41) is 13.8. The van der Waals surface area contributed by atoms with Crippen molar-refractivity contribution in [1.82, 2.24) is 15.0 Å². The van der Waals surface area contributed by atoms with E-state index in [2.05, 4.69) is 15.3 Å². The van der Waals surface area contributed by atoms with Crippen molar-refractivity contribution < 1.29 is 19.4 Å². The summed E-state index contributed by atoms with van der Waals surface area (Å²) in [6.45, 7) is 0. The number of methoxy groups -OCH3 is 2. The number of carbonyl (C=O) groups is 1. The van der Waals surface area contributed by atoms with E-state index in [9.17, 15) is 9.90 Å². The molecule has 1 aromatic carbocycles. The molecule has 2 amide bonds. The quantitative estimate of drug-likeness (QED) is 0.622. The van der Waals surface area contributed by atoms with Gasteiger partial charge in [0, 0.05) is 28.1 Å². The van der Waals surface area contributed by atoms with Crippen molar-refractivity contribution in [1.29, 1.82) is 0 Å². The van der Waals surface area contributed by atoms with Crippen LogP contribution in [-0.2, 0) is 0 Å². The zero-order valence-corrected chi connectivity index (χ0v) is 18.1. The van der Waals surface area contributed by atoms with E-state index in [4.69, 9.17) is 26.1 Å². The van der Waals surface area contributed by atoms with Crippen LogP contribution in [0.3, 0.4) is 0 Å². The summed E-state index contributed by atoms with van der Waals surface area (Å²) in [5.41, 5.74) is 2.45. The molecule has 3 aromatic rings. The Morgan fingerprint density at radius 3 is 2.72 bits per heavy atom. The van der Waals surface area contributed by atoms with Gasteiger partial charge in [-0.1, -0.05) is 29.8 Å². The first-order chi connectivity index (χ1) is 15.5. The van der Waals surface area contributed by atoms with Crippen LogP contribution in [-0.4, -0.2) is 52.5 Å². The molecular weight excluding hydrogens is 434 g/mol. The number of nitrogens with one attached hydrogen (secondary N) is 1. The second-order valence-corrected chi connectivity index (χ2v) is 8.04. The molecule has 1 fully saturated rings. The Morgan fingerprint density at radius 2 is 2.00 bits per heavy atom. The Hall–Kier alpha value is -3.43. The molecule has 9 nitrogen and oxygen atoms in total. The van der Waals surface area contributed by atoms with Gasteiger partial charge in [-0.2, -0.15) is 9.97 Å². The molecule has 5 rings (SSSR count). The van der Waals surface area contributed by atoms with Crippen LogP contribution in [0.15, 0.2) is 42.5 Å². The number of rotatable bonds is 4. The van der Waals surface area contributed by atoms with Crippen LogP contribution in [0.2, 0.25) is 5.02 Å². The van der Waals surface area contributed by atoms with E-state index in [1.165, 1.54) is 25.2 Å². The predicted molar refractivity (Wildman–Crippen MR) is 118 cm³/mol. The van der Waals surface area contributed by atoms with Crippen LogP contribution >= 0.6 is 11.6 Å². The molecule has 0 saturated heterocycles. The van der Waals surface area contributed by atoms with E-state index in [0.717, 1.165) is 11.1 Å². The van der Waals surface area contributed by atoms with E-state index in [-0.39, 0.29) is 23.6 Å². The number of nitrogens with zero attached hydrogens (tertiary/aromatic N) is 4. The maximum atomic E-state index is 13.3. The van der Waals surface area contributed by atoms with Crippen LogP contribution in [0.25, 0.3) is 11.3 Å². The summed E-state index contributed by atoms with van der Waals surface area (Å²) >= 11 is 6.14. The Labute approximate surface area is 189 Å². The number of benzene rings is 1. The van der Waals surface area contributed by atoms with E-state index in [0.29, 0.717) is 23.0 Å². The van der Waals surface area contributed by atoms with Gasteiger partial charge in [0.05, 0.1) is 32.1 Å². The molecule has 2 aliphatic rings. The molecule has 1 aliphatic carbocycles. The van der Waals surface area contributed by atoms with Crippen molar-refractivity contribution in [2.75, 3.05) is 24.4 Å². The van der Waals surface area contributed by atoms with Crippen molar-refractivity contribution in [2.24, 2.45) is 0 Å². The number of urea groups is 1. The molecule has 2 aromatic heterocycles. The fraction of sp³-hybridized carbons (Fsp3) is 0.273. The minimum atomic E-state index is -0.635. The number of hydrogen-bond acceptors (Lipinski definition) is 7. The van der Waals surface area contributed by atoms with Gasteiger partial charge < -0.3 is 14.6 Å². The molecule has 0 radical (unpaired) electrons. The first-order valence-electron chi connectivity index (χ1n) is 10.0. The summed E-state index contributed by atoms with van der Waals surface area (Å²) in [7, 11) is 2.88. The third-order valence-electron chi connectivity index (χ3n) is 5.78. The second-order valence-electron chi connectivity index (χ2n) is 7.60. The average molecular weight is 454 g/mol. The van der Waals surface area contributed by atoms with E-state index in [1.54, 1.807) is 6.07 Å². The number of ether oxygens (including phenoxy) is 2. The third-order valence-corrected chi connectivity index (χ3v) is 6.02. The maximum Gasteiger partial charge on any atom is 0.329 e.